The fourth-order valence-corrected chi connectivity index (χ4v) is 2.01. The van der Waals surface area contributed by atoms with Gasteiger partial charge in [0.25, 0.3) is 0 Å². The summed E-state index contributed by atoms with van der Waals surface area (Å²) < 4.78 is 15.7. The number of hydrogen-bond acceptors (Lipinski definition) is 5. The minimum Gasteiger partial charge on any atom is -0.496 e. The van der Waals surface area contributed by atoms with Gasteiger partial charge in [0.1, 0.15) is 30.3 Å². The van der Waals surface area contributed by atoms with Crippen LogP contribution in [-0.4, -0.2) is 26.3 Å². The summed E-state index contributed by atoms with van der Waals surface area (Å²) in [5, 5.41) is 9.13. The van der Waals surface area contributed by atoms with Gasteiger partial charge in [-0.05, 0) is 42.5 Å². The highest BCUT2D eigenvalue weighted by Gasteiger charge is 2.14. The van der Waals surface area contributed by atoms with Gasteiger partial charge in [-0.1, -0.05) is 11.6 Å². The number of nitrogens with zero attached hydrogens (tertiary/aromatic N) is 1. The number of hydrogen-bond donors (Lipinski definition) is 0. The molecular weight excluding hydrogens is 318 g/mol. The molecule has 0 radical (unpaired) electrons. The minimum absolute atomic E-state index is 0.0779. The SMILES string of the molecule is COc1ccc(Cl)cc1C(=O)OCCOc1ccc(C#N)cc1. The topological polar surface area (TPSA) is 68.6 Å². The van der Waals surface area contributed by atoms with Gasteiger partial charge in [0.15, 0.2) is 0 Å². The number of rotatable bonds is 6. The number of methoxy groups -OCH3 is 1. The Bertz CT molecular complexity index is 722. The van der Waals surface area contributed by atoms with E-state index in [0.29, 0.717) is 22.1 Å². The van der Waals surface area contributed by atoms with Crippen LogP contribution in [0.1, 0.15) is 15.9 Å². The van der Waals surface area contributed by atoms with E-state index in [2.05, 4.69) is 0 Å². The molecule has 2 aromatic carbocycles. The molecule has 0 N–H and O–H groups in total. The molecule has 0 aliphatic heterocycles. The van der Waals surface area contributed by atoms with Gasteiger partial charge in [0.2, 0.25) is 0 Å². The van der Waals surface area contributed by atoms with Crippen LogP contribution < -0.4 is 9.47 Å². The maximum absolute atomic E-state index is 12.0. The monoisotopic (exact) mass is 331 g/mol. The van der Waals surface area contributed by atoms with Crippen LogP contribution >= 0.6 is 11.6 Å². The first-order valence-electron chi connectivity index (χ1n) is 6.77. The first kappa shape index (κ1) is 16.7. The van der Waals surface area contributed by atoms with Crippen molar-refractivity contribution in [3.05, 3.63) is 58.6 Å². The molecule has 118 valence electrons. The standard InChI is InChI=1S/C17H14ClNO4/c1-21-16-7-4-13(18)10-15(16)17(20)23-9-8-22-14-5-2-12(11-19)3-6-14/h2-7,10H,8-9H2,1H3. The summed E-state index contributed by atoms with van der Waals surface area (Å²) in [5.41, 5.74) is 0.815. The fraction of sp³-hybridized carbons (Fsp3) is 0.176. The third kappa shape index (κ3) is 4.63. The first-order valence-corrected chi connectivity index (χ1v) is 7.15. The molecule has 0 atom stereocenters. The number of benzene rings is 2. The van der Waals surface area contributed by atoms with Crippen molar-refractivity contribution in [1.29, 1.82) is 5.26 Å². The molecule has 0 saturated heterocycles. The van der Waals surface area contributed by atoms with E-state index < -0.39 is 5.97 Å². The second kappa shape index (κ2) is 8.06. The van der Waals surface area contributed by atoms with Gasteiger partial charge in [0.05, 0.1) is 18.7 Å². The summed E-state index contributed by atoms with van der Waals surface area (Å²) in [6.45, 7) is 0.273. The minimum atomic E-state index is -0.534. The molecular formula is C17H14ClNO4. The molecule has 0 unspecified atom stereocenters. The summed E-state index contributed by atoms with van der Waals surface area (Å²) >= 11 is 5.87. The highest BCUT2D eigenvalue weighted by molar-refractivity contribution is 6.31. The van der Waals surface area contributed by atoms with Gasteiger partial charge >= 0.3 is 5.97 Å². The van der Waals surface area contributed by atoms with Crippen LogP contribution in [0, 0.1) is 11.3 Å². The number of ether oxygens (including phenoxy) is 3. The Balaban J connectivity index is 1.85. The molecule has 0 spiro atoms. The smallest absolute Gasteiger partial charge is 0.342 e. The van der Waals surface area contributed by atoms with Crippen LogP contribution in [0.5, 0.6) is 11.5 Å². The van der Waals surface area contributed by atoms with Gasteiger partial charge < -0.3 is 14.2 Å². The predicted octanol–water partition coefficient (Wildman–Crippen LogP) is 3.46. The third-order valence-electron chi connectivity index (χ3n) is 2.95. The van der Waals surface area contributed by atoms with Crippen molar-refractivity contribution in [3.8, 4) is 17.6 Å². The number of carbonyl (C=O) groups excluding carboxylic acids is 1. The number of carbonyl (C=O) groups is 1. The van der Waals surface area contributed by atoms with Gasteiger partial charge in [0, 0.05) is 5.02 Å². The molecule has 2 aromatic rings. The lowest BCUT2D eigenvalue weighted by Gasteiger charge is -2.10. The zero-order valence-corrected chi connectivity index (χ0v) is 13.2. The first-order chi connectivity index (χ1) is 11.1. The zero-order chi connectivity index (χ0) is 16.7. The Morgan fingerprint density at radius 3 is 2.57 bits per heavy atom. The molecule has 0 amide bonds. The van der Waals surface area contributed by atoms with Crippen LogP contribution in [0.3, 0.4) is 0 Å². The Kier molecular flexibility index (Phi) is 5.84. The molecule has 0 fully saturated rings. The normalized spacial score (nSPS) is 9.78. The summed E-state index contributed by atoms with van der Waals surface area (Å²) in [6.07, 6.45) is 0. The van der Waals surface area contributed by atoms with Gasteiger partial charge in [-0.3, -0.25) is 0 Å². The van der Waals surface area contributed by atoms with Crippen LogP contribution in [0.15, 0.2) is 42.5 Å². The van der Waals surface area contributed by atoms with E-state index in [4.69, 9.17) is 31.1 Å². The molecule has 0 heterocycles. The Morgan fingerprint density at radius 2 is 1.91 bits per heavy atom. The Morgan fingerprint density at radius 1 is 1.17 bits per heavy atom. The van der Waals surface area contributed by atoms with E-state index in [1.54, 1.807) is 36.4 Å². The molecule has 0 aliphatic carbocycles. The van der Waals surface area contributed by atoms with Crippen molar-refractivity contribution in [2.24, 2.45) is 0 Å². The molecule has 2 rings (SSSR count). The van der Waals surface area contributed by atoms with E-state index in [-0.39, 0.29) is 18.8 Å². The summed E-state index contributed by atoms with van der Waals surface area (Å²) in [6, 6.07) is 13.4. The lowest BCUT2D eigenvalue weighted by Crippen LogP contribution is -2.13. The number of nitriles is 1. The van der Waals surface area contributed by atoms with E-state index >= 15 is 0 Å². The lowest BCUT2D eigenvalue weighted by molar-refractivity contribution is 0.0447. The number of esters is 1. The van der Waals surface area contributed by atoms with E-state index in [1.165, 1.54) is 13.2 Å². The van der Waals surface area contributed by atoms with Crippen molar-refractivity contribution in [2.75, 3.05) is 20.3 Å². The van der Waals surface area contributed by atoms with Crippen molar-refractivity contribution in [3.63, 3.8) is 0 Å². The van der Waals surface area contributed by atoms with Crippen molar-refractivity contribution >= 4 is 17.6 Å². The molecule has 0 aromatic heterocycles. The van der Waals surface area contributed by atoms with E-state index in [0.717, 1.165) is 0 Å². The molecule has 5 nitrogen and oxygen atoms in total. The average Bonchev–Trinajstić information content (AvgIpc) is 2.59. The van der Waals surface area contributed by atoms with Crippen LogP contribution in [0.4, 0.5) is 0 Å². The second-order valence-electron chi connectivity index (χ2n) is 4.47. The summed E-state index contributed by atoms with van der Waals surface area (Å²) in [5.74, 6) is 0.459. The predicted molar refractivity (Wildman–Crippen MR) is 84.9 cm³/mol. The fourth-order valence-electron chi connectivity index (χ4n) is 1.84. The molecule has 0 bridgehead atoms. The van der Waals surface area contributed by atoms with Gasteiger partial charge in [-0.15, -0.1) is 0 Å². The highest BCUT2D eigenvalue weighted by atomic mass is 35.5. The van der Waals surface area contributed by atoms with Gasteiger partial charge in [-0.25, -0.2) is 4.79 Å². The van der Waals surface area contributed by atoms with Crippen molar-refractivity contribution in [1.82, 2.24) is 0 Å². The lowest BCUT2D eigenvalue weighted by atomic mass is 10.2. The quantitative estimate of drug-likeness (QED) is 0.599. The molecule has 6 heteroatoms. The van der Waals surface area contributed by atoms with Gasteiger partial charge in [-0.2, -0.15) is 5.26 Å². The van der Waals surface area contributed by atoms with Crippen LogP contribution in [-0.2, 0) is 4.74 Å². The number of halogens is 1. The largest absolute Gasteiger partial charge is 0.496 e. The summed E-state index contributed by atoms with van der Waals surface area (Å²) in [4.78, 5) is 12.0. The van der Waals surface area contributed by atoms with E-state index in [9.17, 15) is 4.79 Å². The Hall–Kier alpha value is -2.71. The second-order valence-corrected chi connectivity index (χ2v) is 4.90. The molecule has 0 aliphatic rings. The highest BCUT2D eigenvalue weighted by Crippen LogP contribution is 2.23. The van der Waals surface area contributed by atoms with Crippen LogP contribution in [0.25, 0.3) is 0 Å². The third-order valence-corrected chi connectivity index (χ3v) is 3.19. The average molecular weight is 332 g/mol. The summed E-state index contributed by atoms with van der Waals surface area (Å²) in [7, 11) is 1.47. The zero-order valence-electron chi connectivity index (χ0n) is 12.4. The maximum atomic E-state index is 12.0. The van der Waals surface area contributed by atoms with E-state index in [1.807, 2.05) is 6.07 Å². The van der Waals surface area contributed by atoms with Crippen LogP contribution in [0.2, 0.25) is 5.02 Å². The van der Waals surface area contributed by atoms with Crippen molar-refractivity contribution in [2.45, 2.75) is 0 Å². The molecule has 0 saturated carbocycles. The maximum Gasteiger partial charge on any atom is 0.342 e. The molecule has 23 heavy (non-hydrogen) atoms. The Labute approximate surface area is 139 Å². The van der Waals surface area contributed by atoms with Crippen molar-refractivity contribution < 1.29 is 19.0 Å².